The zero-order valence-corrected chi connectivity index (χ0v) is 13.0. The summed E-state index contributed by atoms with van der Waals surface area (Å²) >= 11 is 0. The number of nitrogens with one attached hydrogen (secondary N) is 2. The largest absolute Gasteiger partial charge is 0.359 e. The van der Waals surface area contributed by atoms with E-state index in [9.17, 15) is 13.2 Å². The lowest BCUT2D eigenvalue weighted by atomic mass is 9.89. The van der Waals surface area contributed by atoms with Crippen molar-refractivity contribution < 1.29 is 13.2 Å². The van der Waals surface area contributed by atoms with Crippen molar-refractivity contribution >= 4 is 15.9 Å². The van der Waals surface area contributed by atoms with Crippen LogP contribution in [-0.4, -0.2) is 49.0 Å². The van der Waals surface area contributed by atoms with Crippen molar-refractivity contribution in [3.63, 3.8) is 0 Å². The second-order valence-corrected chi connectivity index (χ2v) is 7.37. The van der Waals surface area contributed by atoms with E-state index in [4.69, 9.17) is 0 Å². The molecule has 1 aliphatic heterocycles. The average Bonchev–Trinajstić information content (AvgIpc) is 2.94. The average molecular weight is 300 g/mol. The van der Waals surface area contributed by atoms with Gasteiger partial charge >= 0.3 is 0 Å². The van der Waals surface area contributed by atoms with E-state index >= 15 is 0 Å². The summed E-state index contributed by atoms with van der Waals surface area (Å²) in [5.41, 5.74) is 0.306. The van der Waals surface area contributed by atoms with Gasteiger partial charge in [-0.3, -0.25) is 9.89 Å². The highest BCUT2D eigenvalue weighted by molar-refractivity contribution is 7.89. The number of rotatable bonds is 3. The number of hydrogen-bond acceptors (Lipinski definition) is 4. The van der Waals surface area contributed by atoms with Gasteiger partial charge in [-0.25, -0.2) is 8.42 Å². The fourth-order valence-electron chi connectivity index (χ4n) is 2.66. The summed E-state index contributed by atoms with van der Waals surface area (Å²) in [6, 6.07) is 0. The Balaban J connectivity index is 2.33. The van der Waals surface area contributed by atoms with E-state index in [1.54, 1.807) is 27.8 Å². The summed E-state index contributed by atoms with van der Waals surface area (Å²) in [7, 11) is -2.05. The number of nitrogens with zero attached hydrogens (tertiary/aromatic N) is 2. The molecule has 8 heteroatoms. The molecule has 1 atom stereocenters. The van der Waals surface area contributed by atoms with Crippen LogP contribution in [0.4, 0.5) is 0 Å². The minimum absolute atomic E-state index is 0.129. The van der Waals surface area contributed by atoms with E-state index in [1.165, 1.54) is 4.31 Å². The van der Waals surface area contributed by atoms with Crippen molar-refractivity contribution in [3.05, 3.63) is 11.4 Å². The van der Waals surface area contributed by atoms with Gasteiger partial charge < -0.3 is 5.32 Å². The zero-order valence-electron chi connectivity index (χ0n) is 12.1. The molecule has 0 aromatic carbocycles. The number of aromatic nitrogens is 2. The maximum atomic E-state index is 12.7. The van der Waals surface area contributed by atoms with Crippen LogP contribution < -0.4 is 5.32 Å². The van der Waals surface area contributed by atoms with Crippen molar-refractivity contribution in [3.8, 4) is 0 Å². The highest BCUT2D eigenvalue weighted by Gasteiger charge is 2.45. The number of amides is 1. The number of aromatic amines is 1. The molecule has 0 bridgehead atoms. The SMILES string of the molecule is CNC(=O)C1(C)CCN(S(=O)(=O)c2c(C)n[nH]c2C)C1. The molecular weight excluding hydrogens is 280 g/mol. The van der Waals surface area contributed by atoms with Crippen molar-refractivity contribution in [1.29, 1.82) is 0 Å². The van der Waals surface area contributed by atoms with Gasteiger partial charge in [-0.15, -0.1) is 0 Å². The summed E-state index contributed by atoms with van der Waals surface area (Å²) < 4.78 is 26.7. The summed E-state index contributed by atoms with van der Waals surface area (Å²) in [6.07, 6.45) is 0.516. The minimum atomic E-state index is -3.61. The van der Waals surface area contributed by atoms with Gasteiger partial charge in [-0.05, 0) is 27.2 Å². The first-order valence-electron chi connectivity index (χ1n) is 6.46. The highest BCUT2D eigenvalue weighted by Crippen LogP contribution is 2.34. The number of sulfonamides is 1. The second kappa shape index (κ2) is 4.85. The Kier molecular flexibility index (Phi) is 3.64. The molecule has 1 aromatic rings. The lowest BCUT2D eigenvalue weighted by Crippen LogP contribution is -2.40. The van der Waals surface area contributed by atoms with Crippen LogP contribution in [0, 0.1) is 19.3 Å². The van der Waals surface area contributed by atoms with Crippen molar-refractivity contribution in [2.45, 2.75) is 32.1 Å². The number of H-pyrrole nitrogens is 1. The molecule has 20 heavy (non-hydrogen) atoms. The molecule has 2 N–H and O–H groups in total. The maximum Gasteiger partial charge on any atom is 0.246 e. The van der Waals surface area contributed by atoms with Crippen molar-refractivity contribution in [2.75, 3.05) is 20.1 Å². The Morgan fingerprint density at radius 2 is 2.10 bits per heavy atom. The standard InChI is InChI=1S/C12H20N4O3S/c1-8-10(9(2)15-14-8)20(18,19)16-6-5-12(3,7-16)11(17)13-4/h5-7H2,1-4H3,(H,13,17)(H,14,15). The van der Waals surface area contributed by atoms with Gasteiger partial charge in [0.2, 0.25) is 15.9 Å². The van der Waals surface area contributed by atoms with Crippen LogP contribution in [0.3, 0.4) is 0 Å². The van der Waals surface area contributed by atoms with Gasteiger partial charge in [-0.1, -0.05) is 0 Å². The Morgan fingerprint density at radius 1 is 1.45 bits per heavy atom. The van der Waals surface area contributed by atoms with Crippen LogP contribution in [0.1, 0.15) is 24.7 Å². The van der Waals surface area contributed by atoms with Crippen LogP contribution in [-0.2, 0) is 14.8 Å². The minimum Gasteiger partial charge on any atom is -0.359 e. The van der Waals surface area contributed by atoms with Crippen LogP contribution >= 0.6 is 0 Å². The topological polar surface area (TPSA) is 95.2 Å². The number of carbonyl (C=O) groups is 1. The molecule has 1 aliphatic rings. The Hall–Kier alpha value is -1.41. The molecule has 0 radical (unpaired) electrons. The second-order valence-electron chi connectivity index (χ2n) is 5.49. The molecule has 0 spiro atoms. The maximum absolute atomic E-state index is 12.7. The first-order valence-corrected chi connectivity index (χ1v) is 7.90. The van der Waals surface area contributed by atoms with E-state index in [0.717, 1.165) is 0 Å². The fraction of sp³-hybridized carbons (Fsp3) is 0.667. The smallest absolute Gasteiger partial charge is 0.246 e. The predicted octanol–water partition coefficient (Wildman–Crippen LogP) is 0.173. The molecule has 1 fully saturated rings. The number of carbonyl (C=O) groups excluding carboxylic acids is 1. The Bertz CT molecular complexity index is 618. The van der Waals surface area contributed by atoms with Crippen LogP contribution in [0.15, 0.2) is 4.90 Å². The van der Waals surface area contributed by atoms with E-state index < -0.39 is 15.4 Å². The summed E-state index contributed by atoms with van der Waals surface area (Å²) in [6.45, 7) is 5.66. The van der Waals surface area contributed by atoms with Crippen molar-refractivity contribution in [1.82, 2.24) is 19.8 Å². The van der Waals surface area contributed by atoms with Gasteiger partial charge in [0.05, 0.1) is 16.8 Å². The molecule has 1 amide bonds. The molecule has 2 heterocycles. The molecule has 0 saturated carbocycles. The van der Waals surface area contributed by atoms with E-state index in [1.807, 2.05) is 0 Å². The van der Waals surface area contributed by atoms with E-state index in [2.05, 4.69) is 15.5 Å². The number of hydrogen-bond donors (Lipinski definition) is 2. The van der Waals surface area contributed by atoms with Crippen LogP contribution in [0.5, 0.6) is 0 Å². The monoisotopic (exact) mass is 300 g/mol. The molecule has 7 nitrogen and oxygen atoms in total. The highest BCUT2D eigenvalue weighted by atomic mass is 32.2. The van der Waals surface area contributed by atoms with Gasteiger partial charge in [0, 0.05) is 20.1 Å². The summed E-state index contributed by atoms with van der Waals surface area (Å²) in [5, 5.41) is 9.22. The van der Waals surface area contributed by atoms with E-state index in [-0.39, 0.29) is 17.3 Å². The van der Waals surface area contributed by atoms with Crippen LogP contribution in [0.25, 0.3) is 0 Å². The van der Waals surface area contributed by atoms with Gasteiger partial charge in [-0.2, -0.15) is 9.40 Å². The summed E-state index contributed by atoms with van der Waals surface area (Å²) in [5.74, 6) is -0.129. The normalized spacial score (nSPS) is 24.0. The first-order chi connectivity index (χ1) is 9.22. The molecule has 0 aliphatic carbocycles. The quantitative estimate of drug-likeness (QED) is 0.832. The summed E-state index contributed by atoms with van der Waals surface area (Å²) in [4.78, 5) is 12.1. The molecule has 1 aromatic heterocycles. The molecule has 1 saturated heterocycles. The van der Waals surface area contributed by atoms with Crippen molar-refractivity contribution in [2.24, 2.45) is 5.41 Å². The first kappa shape index (κ1) is 15.0. The molecule has 1 unspecified atom stereocenters. The predicted molar refractivity (Wildman–Crippen MR) is 73.6 cm³/mol. The third kappa shape index (κ3) is 2.22. The Morgan fingerprint density at radius 3 is 2.60 bits per heavy atom. The zero-order chi connectivity index (χ0) is 15.1. The molecular formula is C12H20N4O3S. The van der Waals surface area contributed by atoms with Gasteiger partial charge in [0.25, 0.3) is 0 Å². The lowest BCUT2D eigenvalue weighted by Gasteiger charge is -2.22. The van der Waals surface area contributed by atoms with Gasteiger partial charge in [0.1, 0.15) is 4.90 Å². The molecule has 2 rings (SSSR count). The third-order valence-corrected chi connectivity index (χ3v) is 5.98. The lowest BCUT2D eigenvalue weighted by molar-refractivity contribution is -0.128. The number of aryl methyl sites for hydroxylation is 2. The third-order valence-electron chi connectivity index (χ3n) is 3.87. The Labute approximate surface area is 118 Å². The van der Waals surface area contributed by atoms with Crippen LogP contribution in [0.2, 0.25) is 0 Å². The molecule has 112 valence electrons. The van der Waals surface area contributed by atoms with Gasteiger partial charge in [0.15, 0.2) is 0 Å². The van der Waals surface area contributed by atoms with E-state index in [0.29, 0.717) is 24.4 Å². The fourth-order valence-corrected chi connectivity index (χ4v) is 4.56.